The Morgan fingerprint density at radius 2 is 1.29 bits per heavy atom. The van der Waals surface area contributed by atoms with Gasteiger partial charge in [-0.05, 0) is 121 Å². The maximum atomic E-state index is 12.1. The summed E-state index contributed by atoms with van der Waals surface area (Å²) in [6.07, 6.45) is 19.7. The molecule has 0 aromatic heterocycles. The molecule has 2 saturated carbocycles. The number of aliphatic hydroxyl groups is 1. The molecule has 2 aliphatic rings. The van der Waals surface area contributed by atoms with Crippen LogP contribution in [0, 0.1) is 23.7 Å². The summed E-state index contributed by atoms with van der Waals surface area (Å²) in [6, 6.07) is 22.5. The van der Waals surface area contributed by atoms with Gasteiger partial charge in [-0.1, -0.05) is 119 Å². The molecule has 0 saturated heterocycles. The fourth-order valence-corrected chi connectivity index (χ4v) is 8.60. The number of aryl methyl sites for hydroxylation is 2. The van der Waals surface area contributed by atoms with Crippen LogP contribution in [0.1, 0.15) is 119 Å². The fraction of sp³-hybridized carbons (Fsp3) is 0.532. The van der Waals surface area contributed by atoms with Crippen molar-refractivity contribution < 1.29 is 24.2 Å². The van der Waals surface area contributed by atoms with E-state index in [2.05, 4.69) is 80.7 Å². The maximum absolute atomic E-state index is 12.1. The molecule has 2 fully saturated rings. The largest absolute Gasteiger partial charge is 0.462 e. The van der Waals surface area contributed by atoms with Crippen LogP contribution in [0.15, 0.2) is 85.0 Å². The Kier molecular flexibility index (Phi) is 15.2. The van der Waals surface area contributed by atoms with E-state index in [0.717, 1.165) is 47.5 Å². The van der Waals surface area contributed by atoms with Gasteiger partial charge < -0.3 is 14.6 Å². The van der Waals surface area contributed by atoms with Gasteiger partial charge in [0, 0.05) is 11.5 Å². The highest BCUT2D eigenvalue weighted by Crippen LogP contribution is 2.44. The summed E-state index contributed by atoms with van der Waals surface area (Å²) in [5.41, 5.74) is 5.61. The minimum Gasteiger partial charge on any atom is -0.462 e. The molecule has 5 rings (SSSR count). The minimum atomic E-state index is -0.654. The van der Waals surface area contributed by atoms with E-state index >= 15 is 0 Å². The van der Waals surface area contributed by atoms with E-state index in [0.29, 0.717) is 12.0 Å². The highest BCUT2D eigenvalue weighted by molar-refractivity contribution is 5.88. The normalized spacial score (nSPS) is 21.0. The van der Waals surface area contributed by atoms with Gasteiger partial charge in [-0.15, -0.1) is 0 Å². The molecule has 3 aromatic rings. The topological polar surface area (TPSA) is 72.8 Å². The summed E-state index contributed by atoms with van der Waals surface area (Å²) in [4.78, 5) is 24.1. The van der Waals surface area contributed by atoms with Crippen molar-refractivity contribution >= 4 is 22.7 Å². The first-order valence-corrected chi connectivity index (χ1v) is 20.1. The average molecular weight is 707 g/mol. The molecule has 5 heteroatoms. The van der Waals surface area contributed by atoms with Gasteiger partial charge in [-0.3, -0.25) is 0 Å². The number of hydrogen-bond acceptors (Lipinski definition) is 5. The summed E-state index contributed by atoms with van der Waals surface area (Å²) in [6.45, 7) is 10.7. The number of benzene rings is 3. The SMILES string of the molecule is C=C(C)C(=O)OCC(COC(=O)C(=C)CO)Cc1ccc2cc(CCc3ccc(C4CCC(C5CCC(CCCCC)CC5)CC4)cc3)ccc2c1. The number of hydrogen-bond donors (Lipinski definition) is 1. The van der Waals surface area contributed by atoms with Crippen LogP contribution >= 0.6 is 0 Å². The van der Waals surface area contributed by atoms with E-state index in [1.54, 1.807) is 6.92 Å². The number of esters is 2. The molecule has 1 unspecified atom stereocenters. The highest BCUT2D eigenvalue weighted by atomic mass is 16.5. The van der Waals surface area contributed by atoms with Crippen LogP contribution in [-0.2, 0) is 38.3 Å². The van der Waals surface area contributed by atoms with Crippen molar-refractivity contribution in [2.45, 2.75) is 116 Å². The predicted molar refractivity (Wildman–Crippen MR) is 212 cm³/mol. The van der Waals surface area contributed by atoms with E-state index in [4.69, 9.17) is 9.47 Å². The summed E-state index contributed by atoms with van der Waals surface area (Å²) in [5.74, 6) is 2.30. The third-order valence-electron chi connectivity index (χ3n) is 11.9. The molecule has 52 heavy (non-hydrogen) atoms. The van der Waals surface area contributed by atoms with Crippen LogP contribution in [-0.4, -0.2) is 36.9 Å². The van der Waals surface area contributed by atoms with Crippen molar-refractivity contribution in [2.75, 3.05) is 19.8 Å². The minimum absolute atomic E-state index is 0.0102. The molecule has 5 nitrogen and oxygen atoms in total. The van der Waals surface area contributed by atoms with Gasteiger partial charge in [0.15, 0.2) is 0 Å². The highest BCUT2D eigenvalue weighted by Gasteiger charge is 2.31. The van der Waals surface area contributed by atoms with Gasteiger partial charge >= 0.3 is 11.9 Å². The first-order chi connectivity index (χ1) is 25.2. The molecule has 1 atom stereocenters. The average Bonchev–Trinajstić information content (AvgIpc) is 3.18. The monoisotopic (exact) mass is 706 g/mol. The Bertz CT molecular complexity index is 1620. The van der Waals surface area contributed by atoms with Gasteiger partial charge in [0.1, 0.15) is 0 Å². The van der Waals surface area contributed by atoms with Gasteiger partial charge in [0.2, 0.25) is 0 Å². The zero-order valence-corrected chi connectivity index (χ0v) is 31.9. The molecule has 0 spiro atoms. The Balaban J connectivity index is 1.09. The Morgan fingerprint density at radius 3 is 1.90 bits per heavy atom. The van der Waals surface area contributed by atoms with E-state index in [1.165, 1.54) is 99.1 Å². The maximum Gasteiger partial charge on any atom is 0.335 e. The van der Waals surface area contributed by atoms with Crippen LogP contribution in [0.4, 0.5) is 0 Å². The summed E-state index contributed by atoms with van der Waals surface area (Å²) < 4.78 is 10.7. The van der Waals surface area contributed by atoms with Crippen molar-refractivity contribution in [3.63, 3.8) is 0 Å². The number of carbonyl (C=O) groups excluding carboxylic acids is 2. The molecule has 2 aliphatic carbocycles. The number of fused-ring (bicyclic) bond motifs is 1. The van der Waals surface area contributed by atoms with Gasteiger partial charge in [-0.25, -0.2) is 9.59 Å². The third-order valence-corrected chi connectivity index (χ3v) is 11.9. The lowest BCUT2D eigenvalue weighted by Gasteiger charge is -2.38. The Morgan fingerprint density at radius 1 is 0.731 bits per heavy atom. The van der Waals surface area contributed by atoms with E-state index in [-0.39, 0.29) is 24.7 Å². The molecule has 0 heterocycles. The number of ether oxygens (including phenoxy) is 2. The molecular formula is C47H62O5. The van der Waals surface area contributed by atoms with Crippen LogP contribution in [0.2, 0.25) is 0 Å². The lowest BCUT2D eigenvalue weighted by molar-refractivity contribution is -0.144. The van der Waals surface area contributed by atoms with E-state index < -0.39 is 18.5 Å². The molecule has 0 aliphatic heterocycles. The van der Waals surface area contributed by atoms with Crippen LogP contribution in [0.25, 0.3) is 10.8 Å². The second kappa shape index (κ2) is 19.9. The quantitative estimate of drug-likeness (QED) is 0.0810. The fourth-order valence-electron chi connectivity index (χ4n) is 8.60. The van der Waals surface area contributed by atoms with Crippen molar-refractivity contribution in [1.29, 1.82) is 0 Å². The second-order valence-corrected chi connectivity index (χ2v) is 16.0. The van der Waals surface area contributed by atoms with Crippen LogP contribution in [0.5, 0.6) is 0 Å². The van der Waals surface area contributed by atoms with Crippen molar-refractivity contribution in [3.8, 4) is 0 Å². The molecular weight excluding hydrogens is 645 g/mol. The molecule has 1 N–H and O–H groups in total. The first-order valence-electron chi connectivity index (χ1n) is 20.1. The van der Waals surface area contributed by atoms with Crippen LogP contribution < -0.4 is 0 Å². The van der Waals surface area contributed by atoms with Crippen molar-refractivity contribution in [3.05, 3.63) is 107 Å². The number of unbranched alkanes of at least 4 members (excludes halogenated alkanes) is 2. The predicted octanol–water partition coefficient (Wildman–Crippen LogP) is 10.7. The third kappa shape index (κ3) is 11.7. The zero-order valence-electron chi connectivity index (χ0n) is 31.9. The summed E-state index contributed by atoms with van der Waals surface area (Å²) >= 11 is 0. The molecule has 3 aromatic carbocycles. The number of aliphatic hydroxyl groups excluding tert-OH is 1. The summed E-state index contributed by atoms with van der Waals surface area (Å²) in [7, 11) is 0. The lowest BCUT2D eigenvalue weighted by atomic mass is 9.68. The molecule has 0 amide bonds. The van der Waals surface area contributed by atoms with Gasteiger partial charge in [0.05, 0.1) is 25.4 Å². The van der Waals surface area contributed by atoms with Crippen molar-refractivity contribution in [2.24, 2.45) is 23.7 Å². The lowest BCUT2D eigenvalue weighted by Crippen LogP contribution is -2.25. The van der Waals surface area contributed by atoms with Crippen LogP contribution in [0.3, 0.4) is 0 Å². The Labute approximate surface area is 312 Å². The van der Waals surface area contributed by atoms with Gasteiger partial charge in [0.25, 0.3) is 0 Å². The van der Waals surface area contributed by atoms with E-state index in [1.807, 2.05) is 0 Å². The molecule has 280 valence electrons. The zero-order chi connectivity index (χ0) is 36.9. The second-order valence-electron chi connectivity index (χ2n) is 16.0. The van der Waals surface area contributed by atoms with Crippen molar-refractivity contribution in [1.82, 2.24) is 0 Å². The number of rotatable bonds is 18. The molecule has 0 radical (unpaired) electrons. The van der Waals surface area contributed by atoms with E-state index in [9.17, 15) is 14.7 Å². The first kappa shape index (κ1) is 39.5. The summed E-state index contributed by atoms with van der Waals surface area (Å²) in [5, 5.41) is 11.5. The standard InChI is InChI=1S/C47H62O5/c1-5-6-7-8-35-11-17-40(18-12-35)42-23-25-43(26-24-42)41-19-13-36(14-20-41)9-10-37-15-21-45-29-38(16-22-44(45)28-37)27-39(31-51-46(49)33(2)3)32-52-47(50)34(4)30-48/h13-16,19-22,28-29,35,39-40,42-43,48H,2,4-12,17-18,23-27,30-32H2,1,3H3. The smallest absolute Gasteiger partial charge is 0.335 e. The van der Waals surface area contributed by atoms with Gasteiger partial charge in [-0.2, -0.15) is 0 Å². The number of carbonyl (C=O) groups is 2. The molecule has 0 bridgehead atoms. The Hall–Kier alpha value is -3.70.